The number of aliphatic carboxylic acids is 1. The number of rotatable bonds is 15. The zero-order valence-electron chi connectivity index (χ0n) is 21.7. The average Bonchev–Trinajstić information content (AvgIpc) is 3.44. The van der Waals surface area contributed by atoms with Crippen molar-refractivity contribution in [2.24, 2.45) is 0 Å². The molecule has 1 unspecified atom stereocenters. The van der Waals surface area contributed by atoms with Crippen LogP contribution in [0.2, 0.25) is 0 Å². The van der Waals surface area contributed by atoms with Gasteiger partial charge >= 0.3 is 5.97 Å². The molecule has 0 aromatic heterocycles. The fourth-order valence-electron chi connectivity index (χ4n) is 4.37. The van der Waals surface area contributed by atoms with Crippen molar-refractivity contribution in [3.63, 3.8) is 0 Å². The lowest BCUT2D eigenvalue weighted by Gasteiger charge is -2.21. The van der Waals surface area contributed by atoms with Crippen molar-refractivity contribution >= 4 is 11.9 Å². The Bertz CT molecular complexity index is 1060. The molecule has 0 spiro atoms. The molecule has 1 heterocycles. The molecular weight excluding hydrogens is 474 g/mol. The quantitative estimate of drug-likeness (QED) is 0.207. The number of carboxylic acid groups (broad SMARTS) is 1. The SMILES string of the molecule is C=CCc1c(OCCCOC(Oc2ccccc2CCC)C(=O)O)ccc(C(=O)N2CCCC2)c1OC. The fourth-order valence-corrected chi connectivity index (χ4v) is 4.37. The Morgan fingerprint density at radius 2 is 1.86 bits per heavy atom. The number of carboxylic acids is 1. The molecule has 1 aliphatic rings. The van der Waals surface area contributed by atoms with Gasteiger partial charge in [0.2, 0.25) is 0 Å². The van der Waals surface area contributed by atoms with E-state index in [1.165, 1.54) is 0 Å². The zero-order chi connectivity index (χ0) is 26.6. The number of aryl methyl sites for hydroxylation is 1. The number of likely N-dealkylation sites (tertiary alicyclic amines) is 1. The molecule has 1 saturated heterocycles. The second-order valence-electron chi connectivity index (χ2n) is 8.83. The van der Waals surface area contributed by atoms with Crippen LogP contribution in [0.1, 0.15) is 54.1 Å². The van der Waals surface area contributed by atoms with Crippen LogP contribution in [0.4, 0.5) is 0 Å². The topological polar surface area (TPSA) is 94.5 Å². The van der Waals surface area contributed by atoms with Gasteiger partial charge in [0, 0.05) is 25.1 Å². The Labute approximate surface area is 218 Å². The summed E-state index contributed by atoms with van der Waals surface area (Å²) in [6, 6.07) is 10.9. The largest absolute Gasteiger partial charge is 0.495 e. The third kappa shape index (κ3) is 7.49. The smallest absolute Gasteiger partial charge is 0.373 e. The van der Waals surface area contributed by atoms with Crippen LogP contribution in [0.5, 0.6) is 17.2 Å². The van der Waals surface area contributed by atoms with Gasteiger partial charge in [0.25, 0.3) is 12.2 Å². The van der Waals surface area contributed by atoms with Crippen molar-refractivity contribution in [2.75, 3.05) is 33.4 Å². The van der Waals surface area contributed by atoms with E-state index in [0.717, 1.165) is 49.9 Å². The molecule has 1 atom stereocenters. The van der Waals surface area contributed by atoms with Crippen LogP contribution in [-0.2, 0) is 22.4 Å². The fraction of sp³-hybridized carbons (Fsp3) is 0.448. The van der Waals surface area contributed by atoms with Crippen LogP contribution in [0, 0.1) is 0 Å². The summed E-state index contributed by atoms with van der Waals surface area (Å²) in [5.41, 5.74) is 2.21. The Kier molecular flexibility index (Phi) is 10.8. The number of allylic oxidation sites excluding steroid dienone is 1. The molecule has 1 aliphatic heterocycles. The maximum absolute atomic E-state index is 13.0. The van der Waals surface area contributed by atoms with E-state index >= 15 is 0 Å². The molecule has 37 heavy (non-hydrogen) atoms. The second kappa shape index (κ2) is 14.3. The van der Waals surface area contributed by atoms with Crippen molar-refractivity contribution in [3.05, 3.63) is 65.7 Å². The molecule has 8 heteroatoms. The first-order valence-corrected chi connectivity index (χ1v) is 12.8. The average molecular weight is 512 g/mol. The van der Waals surface area contributed by atoms with Crippen LogP contribution >= 0.6 is 0 Å². The van der Waals surface area contributed by atoms with E-state index in [1.807, 2.05) is 17.0 Å². The summed E-state index contributed by atoms with van der Waals surface area (Å²) in [6.45, 7) is 7.80. The number of benzene rings is 2. The molecular formula is C29H37NO7. The van der Waals surface area contributed by atoms with E-state index in [-0.39, 0.29) is 19.1 Å². The first kappa shape index (κ1) is 28.1. The van der Waals surface area contributed by atoms with Gasteiger partial charge in [-0.25, -0.2) is 4.79 Å². The number of methoxy groups -OCH3 is 1. The lowest BCUT2D eigenvalue weighted by Crippen LogP contribution is -2.31. The van der Waals surface area contributed by atoms with E-state index in [1.54, 1.807) is 37.5 Å². The molecule has 0 aliphatic carbocycles. The monoisotopic (exact) mass is 511 g/mol. The number of carbonyl (C=O) groups excluding carboxylic acids is 1. The molecule has 2 aromatic rings. The molecule has 0 saturated carbocycles. The highest BCUT2D eigenvalue weighted by atomic mass is 16.7. The summed E-state index contributed by atoms with van der Waals surface area (Å²) in [5, 5.41) is 9.56. The minimum Gasteiger partial charge on any atom is -0.495 e. The molecule has 200 valence electrons. The molecule has 3 rings (SSSR count). The van der Waals surface area contributed by atoms with E-state index in [9.17, 15) is 14.7 Å². The summed E-state index contributed by atoms with van der Waals surface area (Å²) in [5.74, 6) is 0.367. The van der Waals surface area contributed by atoms with Gasteiger partial charge in [0.15, 0.2) is 0 Å². The highest BCUT2D eigenvalue weighted by Crippen LogP contribution is 2.34. The van der Waals surface area contributed by atoms with Crippen LogP contribution in [0.25, 0.3) is 0 Å². The maximum Gasteiger partial charge on any atom is 0.373 e. The maximum atomic E-state index is 13.0. The van der Waals surface area contributed by atoms with Gasteiger partial charge in [-0.2, -0.15) is 0 Å². The van der Waals surface area contributed by atoms with Gasteiger partial charge in [0.1, 0.15) is 17.2 Å². The predicted octanol–water partition coefficient (Wildman–Crippen LogP) is 4.89. The first-order chi connectivity index (χ1) is 18.0. The number of hydrogen-bond donors (Lipinski definition) is 1. The van der Waals surface area contributed by atoms with E-state index < -0.39 is 12.3 Å². The van der Waals surface area contributed by atoms with Crippen molar-refractivity contribution in [1.29, 1.82) is 0 Å². The van der Waals surface area contributed by atoms with Crippen LogP contribution in [0.3, 0.4) is 0 Å². The number of para-hydroxylation sites is 1. The number of nitrogens with zero attached hydrogens (tertiary/aromatic N) is 1. The van der Waals surface area contributed by atoms with E-state index in [2.05, 4.69) is 13.5 Å². The zero-order valence-corrected chi connectivity index (χ0v) is 21.7. The summed E-state index contributed by atoms with van der Waals surface area (Å²) < 4.78 is 22.8. The first-order valence-electron chi connectivity index (χ1n) is 12.8. The lowest BCUT2D eigenvalue weighted by molar-refractivity contribution is -0.171. The number of carbonyl (C=O) groups is 2. The molecule has 0 radical (unpaired) electrons. The highest BCUT2D eigenvalue weighted by Gasteiger charge is 2.25. The third-order valence-corrected chi connectivity index (χ3v) is 6.14. The van der Waals surface area contributed by atoms with Crippen molar-refractivity contribution in [3.8, 4) is 17.2 Å². The standard InChI is InChI=1S/C29H37NO7/c1-4-11-21-13-6-7-14-24(21)37-29(28(32)33)36-20-10-19-35-25-16-15-23(26(34-3)22(25)12-5-2)27(31)30-17-8-9-18-30/h5-7,13-16,29H,2,4,8-12,17-20H2,1,3H3,(H,32,33). The number of ether oxygens (including phenoxy) is 4. The van der Waals surface area contributed by atoms with Crippen LogP contribution in [0.15, 0.2) is 49.1 Å². The molecule has 1 amide bonds. The Morgan fingerprint density at radius 1 is 1.11 bits per heavy atom. The molecule has 1 fully saturated rings. The summed E-state index contributed by atoms with van der Waals surface area (Å²) in [6.07, 6.45) is 4.97. The summed E-state index contributed by atoms with van der Waals surface area (Å²) in [7, 11) is 1.55. The van der Waals surface area contributed by atoms with Gasteiger partial charge in [-0.3, -0.25) is 4.79 Å². The minimum absolute atomic E-state index is 0.0418. The summed E-state index contributed by atoms with van der Waals surface area (Å²) in [4.78, 5) is 26.5. The third-order valence-electron chi connectivity index (χ3n) is 6.14. The second-order valence-corrected chi connectivity index (χ2v) is 8.83. The Hall–Kier alpha value is -3.52. The Morgan fingerprint density at radius 3 is 2.54 bits per heavy atom. The van der Waals surface area contributed by atoms with Crippen molar-refractivity contribution < 1.29 is 33.6 Å². The van der Waals surface area contributed by atoms with Crippen molar-refractivity contribution in [2.45, 2.75) is 51.7 Å². The molecule has 2 aromatic carbocycles. The van der Waals surface area contributed by atoms with Gasteiger partial charge in [-0.1, -0.05) is 37.6 Å². The van der Waals surface area contributed by atoms with Gasteiger partial charge < -0.3 is 29.0 Å². The number of hydrogen-bond acceptors (Lipinski definition) is 6. The van der Waals surface area contributed by atoms with Gasteiger partial charge in [-0.15, -0.1) is 6.58 Å². The van der Waals surface area contributed by atoms with E-state index in [4.69, 9.17) is 18.9 Å². The van der Waals surface area contributed by atoms with Crippen LogP contribution < -0.4 is 14.2 Å². The molecule has 1 N–H and O–H groups in total. The number of amides is 1. The molecule has 8 nitrogen and oxygen atoms in total. The van der Waals surface area contributed by atoms with Gasteiger partial charge in [0.05, 0.1) is 25.9 Å². The van der Waals surface area contributed by atoms with Crippen LogP contribution in [-0.4, -0.2) is 61.6 Å². The highest BCUT2D eigenvalue weighted by molar-refractivity contribution is 5.98. The predicted molar refractivity (Wildman–Crippen MR) is 141 cm³/mol. The normalized spacial score (nSPS) is 13.7. The van der Waals surface area contributed by atoms with Gasteiger partial charge in [-0.05, 0) is 49.4 Å². The minimum atomic E-state index is -1.41. The lowest BCUT2D eigenvalue weighted by atomic mass is 10.0. The summed E-state index contributed by atoms with van der Waals surface area (Å²) >= 11 is 0. The van der Waals surface area contributed by atoms with Crippen molar-refractivity contribution in [1.82, 2.24) is 4.90 Å². The molecule has 0 bridgehead atoms. The Balaban J connectivity index is 1.60. The van der Waals surface area contributed by atoms with E-state index in [0.29, 0.717) is 35.7 Å².